The molecule has 12 heavy (non-hydrogen) atoms. The van der Waals surface area contributed by atoms with Gasteiger partial charge in [-0.2, -0.15) is 5.10 Å². The minimum atomic E-state index is -0.518. The first kappa shape index (κ1) is 11.5. The third kappa shape index (κ3) is 6.26. The third-order valence-electron chi connectivity index (χ3n) is 1.07. The van der Waals surface area contributed by atoms with E-state index in [1.165, 1.54) is 11.8 Å². The van der Waals surface area contributed by atoms with Crippen molar-refractivity contribution in [3.8, 4) is 0 Å². The Morgan fingerprint density at radius 3 is 2.92 bits per heavy atom. The molecule has 0 aliphatic rings. The van der Waals surface area contributed by atoms with Crippen molar-refractivity contribution in [2.75, 3.05) is 19.0 Å². The molecular formula is C6H15N3O2S. The molecule has 0 radical (unpaired) electrons. The van der Waals surface area contributed by atoms with Crippen LogP contribution in [0, 0.1) is 0 Å². The molecule has 0 aliphatic carbocycles. The minimum absolute atomic E-state index is 0.269. The maximum atomic E-state index is 9.23. The van der Waals surface area contributed by atoms with Crippen molar-refractivity contribution in [1.82, 2.24) is 0 Å². The van der Waals surface area contributed by atoms with Crippen LogP contribution >= 0.6 is 11.8 Å². The van der Waals surface area contributed by atoms with Gasteiger partial charge in [0.2, 0.25) is 0 Å². The highest BCUT2D eigenvalue weighted by Gasteiger charge is 2.04. The quantitative estimate of drug-likeness (QED) is 0.232. The molecule has 0 spiro atoms. The van der Waals surface area contributed by atoms with Crippen molar-refractivity contribution >= 4 is 16.9 Å². The van der Waals surface area contributed by atoms with Crippen LogP contribution in [-0.4, -0.2) is 35.3 Å². The van der Waals surface area contributed by atoms with E-state index in [4.69, 9.17) is 16.3 Å². The van der Waals surface area contributed by atoms with E-state index in [0.29, 0.717) is 19.0 Å². The third-order valence-corrected chi connectivity index (χ3v) is 2.02. The number of hydrogen-bond acceptors (Lipinski definition) is 5. The highest BCUT2D eigenvalue weighted by Crippen LogP contribution is 2.02. The van der Waals surface area contributed by atoms with Gasteiger partial charge in [-0.05, 0) is 6.92 Å². The fourth-order valence-corrected chi connectivity index (χ4v) is 1.05. The zero-order chi connectivity index (χ0) is 9.40. The Kier molecular flexibility index (Phi) is 6.93. The summed E-state index contributed by atoms with van der Waals surface area (Å²) in [5, 5.41) is 12.7. The first-order valence-corrected chi connectivity index (χ1v) is 4.61. The second-order valence-corrected chi connectivity index (χ2v) is 3.13. The molecule has 5 nitrogen and oxygen atoms in total. The Bertz CT molecular complexity index is 143. The van der Waals surface area contributed by atoms with Crippen molar-refractivity contribution < 1.29 is 9.84 Å². The van der Waals surface area contributed by atoms with E-state index < -0.39 is 6.10 Å². The molecule has 6 heteroatoms. The van der Waals surface area contributed by atoms with Gasteiger partial charge >= 0.3 is 0 Å². The Morgan fingerprint density at radius 2 is 2.42 bits per heavy atom. The zero-order valence-electron chi connectivity index (χ0n) is 7.06. The SMILES string of the molecule is CCOCC(O)CSC(N)=NN. The maximum Gasteiger partial charge on any atom is 0.177 e. The van der Waals surface area contributed by atoms with Gasteiger partial charge in [0.15, 0.2) is 5.17 Å². The standard InChI is InChI=1S/C6H15N3O2S/c1-2-11-3-5(10)4-12-6(7)9-8/h5,10H,2-4,8H2,1H3,(H2,7,9). The van der Waals surface area contributed by atoms with Gasteiger partial charge in [-0.1, -0.05) is 11.8 Å². The summed E-state index contributed by atoms with van der Waals surface area (Å²) in [6.45, 7) is 2.79. The molecule has 1 atom stereocenters. The summed E-state index contributed by atoms with van der Waals surface area (Å²) < 4.78 is 4.99. The Labute approximate surface area is 76.1 Å². The lowest BCUT2D eigenvalue weighted by molar-refractivity contribution is 0.0552. The number of nitrogens with two attached hydrogens (primary N) is 2. The monoisotopic (exact) mass is 193 g/mol. The average molecular weight is 193 g/mol. The highest BCUT2D eigenvalue weighted by molar-refractivity contribution is 8.13. The van der Waals surface area contributed by atoms with E-state index in [2.05, 4.69) is 5.10 Å². The number of thioether (sulfide) groups is 1. The predicted molar refractivity (Wildman–Crippen MR) is 50.8 cm³/mol. The van der Waals surface area contributed by atoms with Gasteiger partial charge in [0.25, 0.3) is 0 Å². The topological polar surface area (TPSA) is 93.9 Å². The molecule has 0 saturated carbocycles. The number of ether oxygens (including phenoxy) is 1. The number of nitrogens with zero attached hydrogens (tertiary/aromatic N) is 1. The molecule has 0 aliphatic heterocycles. The summed E-state index contributed by atoms with van der Waals surface area (Å²) in [5.74, 6) is 5.34. The summed E-state index contributed by atoms with van der Waals surface area (Å²) in [7, 11) is 0. The van der Waals surface area contributed by atoms with Gasteiger partial charge in [0.1, 0.15) is 0 Å². The fraction of sp³-hybridized carbons (Fsp3) is 0.833. The molecule has 0 rings (SSSR count). The van der Waals surface area contributed by atoms with Crippen LogP contribution in [0.4, 0.5) is 0 Å². The van der Waals surface area contributed by atoms with Crippen LogP contribution in [-0.2, 0) is 4.74 Å². The van der Waals surface area contributed by atoms with E-state index in [9.17, 15) is 5.11 Å². The van der Waals surface area contributed by atoms with Crippen LogP contribution in [0.3, 0.4) is 0 Å². The first-order chi connectivity index (χ1) is 5.70. The number of aliphatic hydroxyl groups is 1. The Balaban J connectivity index is 3.37. The maximum absolute atomic E-state index is 9.23. The van der Waals surface area contributed by atoms with Gasteiger partial charge in [0, 0.05) is 12.4 Å². The number of rotatable bonds is 5. The fourth-order valence-electron chi connectivity index (χ4n) is 0.521. The van der Waals surface area contributed by atoms with Gasteiger partial charge in [-0.15, -0.1) is 0 Å². The van der Waals surface area contributed by atoms with Gasteiger partial charge < -0.3 is 21.4 Å². The summed E-state index contributed by atoms with van der Waals surface area (Å²) in [5.41, 5.74) is 5.29. The van der Waals surface area contributed by atoms with Crippen molar-refractivity contribution in [3.63, 3.8) is 0 Å². The molecule has 1 unspecified atom stereocenters. The van der Waals surface area contributed by atoms with E-state index in [0.717, 1.165) is 0 Å². The summed E-state index contributed by atoms with van der Waals surface area (Å²) in [6, 6.07) is 0. The lowest BCUT2D eigenvalue weighted by Crippen LogP contribution is -2.21. The smallest absolute Gasteiger partial charge is 0.177 e. The first-order valence-electron chi connectivity index (χ1n) is 3.62. The van der Waals surface area contributed by atoms with E-state index >= 15 is 0 Å². The second-order valence-electron chi connectivity index (χ2n) is 2.09. The minimum Gasteiger partial charge on any atom is -0.390 e. The summed E-state index contributed by atoms with van der Waals surface area (Å²) in [6.07, 6.45) is -0.518. The van der Waals surface area contributed by atoms with Crippen LogP contribution < -0.4 is 11.6 Å². The molecule has 0 aromatic carbocycles. The largest absolute Gasteiger partial charge is 0.390 e. The molecular weight excluding hydrogens is 178 g/mol. The molecule has 72 valence electrons. The van der Waals surface area contributed by atoms with E-state index in [1.54, 1.807) is 0 Å². The number of aliphatic hydroxyl groups excluding tert-OH is 1. The van der Waals surface area contributed by atoms with Crippen LogP contribution in [0.25, 0.3) is 0 Å². The van der Waals surface area contributed by atoms with Crippen molar-refractivity contribution in [1.29, 1.82) is 0 Å². The number of amidine groups is 1. The van der Waals surface area contributed by atoms with Gasteiger partial charge in [0.05, 0.1) is 12.7 Å². The summed E-state index contributed by atoms with van der Waals surface area (Å²) in [4.78, 5) is 0. The van der Waals surface area contributed by atoms with Crippen LogP contribution in [0.5, 0.6) is 0 Å². The van der Waals surface area contributed by atoms with E-state index in [1.807, 2.05) is 6.92 Å². The lowest BCUT2D eigenvalue weighted by Gasteiger charge is -2.08. The molecule has 0 saturated heterocycles. The van der Waals surface area contributed by atoms with Crippen molar-refractivity contribution in [2.24, 2.45) is 16.7 Å². The molecule has 0 amide bonds. The normalized spacial score (nSPS) is 14.7. The molecule has 0 fully saturated rings. The molecule has 0 aromatic rings. The van der Waals surface area contributed by atoms with Crippen molar-refractivity contribution in [2.45, 2.75) is 13.0 Å². The molecule has 0 heterocycles. The van der Waals surface area contributed by atoms with Crippen molar-refractivity contribution in [3.05, 3.63) is 0 Å². The van der Waals surface area contributed by atoms with E-state index in [-0.39, 0.29) is 5.17 Å². The highest BCUT2D eigenvalue weighted by atomic mass is 32.2. The Hall–Kier alpha value is -0.460. The van der Waals surface area contributed by atoms with Crippen LogP contribution in [0.2, 0.25) is 0 Å². The summed E-state index contributed by atoms with van der Waals surface area (Å²) >= 11 is 1.21. The average Bonchev–Trinajstić information content (AvgIpc) is 2.10. The zero-order valence-corrected chi connectivity index (χ0v) is 7.88. The van der Waals surface area contributed by atoms with Gasteiger partial charge in [-0.3, -0.25) is 0 Å². The molecule has 0 aromatic heterocycles. The Morgan fingerprint density at radius 1 is 1.75 bits per heavy atom. The van der Waals surface area contributed by atoms with Crippen LogP contribution in [0.15, 0.2) is 5.10 Å². The van der Waals surface area contributed by atoms with Crippen LogP contribution in [0.1, 0.15) is 6.92 Å². The number of hydrazone groups is 1. The molecule has 5 N–H and O–H groups in total. The molecule has 0 bridgehead atoms. The van der Waals surface area contributed by atoms with Gasteiger partial charge in [-0.25, -0.2) is 0 Å². The number of hydrogen-bond donors (Lipinski definition) is 3. The second kappa shape index (κ2) is 7.20. The predicted octanol–water partition coefficient (Wildman–Crippen LogP) is -0.695. The lowest BCUT2D eigenvalue weighted by atomic mass is 10.4.